The van der Waals surface area contributed by atoms with Crippen molar-refractivity contribution in [2.75, 3.05) is 36.5 Å². The molecule has 0 radical (unpaired) electrons. The number of hydrazone groups is 2. The zero-order chi connectivity index (χ0) is 37.5. The van der Waals surface area contributed by atoms with Crippen molar-refractivity contribution in [2.24, 2.45) is 10.2 Å². The minimum absolute atomic E-state index is 0. The summed E-state index contributed by atoms with van der Waals surface area (Å²) in [7, 11) is -7.49. The number of nitrogens with zero attached hydrogens (tertiary/aromatic N) is 2. The van der Waals surface area contributed by atoms with E-state index in [0.717, 1.165) is 12.2 Å². The van der Waals surface area contributed by atoms with Crippen molar-refractivity contribution in [1.82, 2.24) is 0 Å². The van der Waals surface area contributed by atoms with Gasteiger partial charge in [0.25, 0.3) is 0 Å². The zero-order valence-corrected chi connectivity index (χ0v) is 34.7. The number of anilines is 4. The number of ether oxygens (including phenoxy) is 2. The molecule has 266 valence electrons. The van der Waals surface area contributed by atoms with Crippen LogP contribution < -0.4 is 90.9 Å². The van der Waals surface area contributed by atoms with Gasteiger partial charge < -0.3 is 30.0 Å². The Bertz CT molecular complexity index is 2400. The van der Waals surface area contributed by atoms with Crippen LogP contribution in [0.3, 0.4) is 0 Å². The molecule has 0 aliphatic heterocycles. The SMILES string of the molecule is COc1cc(-c2ccc(N/N=C3\C(=O)c4ccc(N)cc4C=C3S(=O)(=O)[O-])c(OC)c2)ccc1N/N=C1/C(=O)c2ccc(N)cc2C=C1S(=O)(=O)[O-].[Na+].[Na+]. The van der Waals surface area contributed by atoms with E-state index in [-0.39, 0.29) is 116 Å². The van der Waals surface area contributed by atoms with Gasteiger partial charge in [-0.1, -0.05) is 12.1 Å². The number of nitrogen functional groups attached to an aromatic ring is 2. The number of ketones is 2. The summed E-state index contributed by atoms with van der Waals surface area (Å²) in [6, 6.07) is 18.1. The standard InChI is InChI=1S/C34H28N6O10S2.2Na/c1-49-27-13-17(3-9-25(27)37-39-31-29(51(43,44)45)15-19-11-21(35)5-7-23(19)33(31)41)18-4-10-26(28(14-18)50-2)38-40-32-30(52(46,47)48)16-20-12-22(36)6-8-24(20)34(32)42;;/h3-16,37-38H,35-36H2,1-2H3,(H,43,44,45)(H,46,47,48);;/q;2*+1/p-2/b39-31-,40-32+;;. The minimum Gasteiger partial charge on any atom is -0.744 e. The van der Waals surface area contributed by atoms with Gasteiger partial charge in [-0.15, -0.1) is 0 Å². The maximum absolute atomic E-state index is 13.2. The number of benzene rings is 4. The number of nitrogens with one attached hydrogen (secondary N) is 2. The predicted octanol–water partition coefficient (Wildman–Crippen LogP) is -2.36. The molecule has 0 aromatic heterocycles. The van der Waals surface area contributed by atoms with Crippen molar-refractivity contribution in [3.8, 4) is 22.6 Å². The summed E-state index contributed by atoms with van der Waals surface area (Å²) in [6.07, 6.45) is 2.08. The average Bonchev–Trinajstić information content (AvgIpc) is 3.09. The van der Waals surface area contributed by atoms with Crippen LogP contribution in [-0.2, 0) is 20.2 Å². The van der Waals surface area contributed by atoms with E-state index >= 15 is 0 Å². The van der Waals surface area contributed by atoms with Gasteiger partial charge in [-0.05, 0) is 95.1 Å². The summed E-state index contributed by atoms with van der Waals surface area (Å²) in [5.74, 6) is -1.16. The topological polar surface area (TPSA) is 268 Å². The number of methoxy groups -OCH3 is 2. The van der Waals surface area contributed by atoms with Gasteiger partial charge in [0.1, 0.15) is 43.2 Å². The zero-order valence-electron chi connectivity index (χ0n) is 29.0. The van der Waals surface area contributed by atoms with Gasteiger partial charge in [0, 0.05) is 22.5 Å². The third-order valence-electron chi connectivity index (χ3n) is 7.96. The number of carbonyl (C=O) groups is 2. The molecule has 54 heavy (non-hydrogen) atoms. The molecule has 0 saturated carbocycles. The first-order valence-electron chi connectivity index (χ1n) is 14.9. The van der Waals surface area contributed by atoms with E-state index in [9.17, 15) is 35.5 Å². The van der Waals surface area contributed by atoms with Crippen LogP contribution in [0.15, 0.2) is 92.8 Å². The molecule has 0 spiro atoms. The molecule has 4 aromatic rings. The molecule has 4 aromatic carbocycles. The van der Waals surface area contributed by atoms with Crippen molar-refractivity contribution < 1.29 is 104 Å². The second-order valence-electron chi connectivity index (χ2n) is 11.3. The predicted molar refractivity (Wildman–Crippen MR) is 193 cm³/mol. The average molecular weight is 789 g/mol. The Labute approximate surface area is 353 Å². The first-order valence-corrected chi connectivity index (χ1v) is 17.7. The van der Waals surface area contributed by atoms with Crippen LogP contribution in [0.4, 0.5) is 22.7 Å². The number of hydrogen-bond donors (Lipinski definition) is 4. The van der Waals surface area contributed by atoms with Crippen molar-refractivity contribution in [3.05, 3.63) is 105 Å². The number of fused-ring (bicyclic) bond motifs is 2. The molecular weight excluding hydrogens is 763 g/mol. The van der Waals surface area contributed by atoms with Crippen LogP contribution in [0.5, 0.6) is 11.5 Å². The molecule has 6 rings (SSSR count). The van der Waals surface area contributed by atoms with Crippen molar-refractivity contribution in [3.63, 3.8) is 0 Å². The number of carbonyl (C=O) groups excluding carboxylic acids is 2. The molecule has 2 aliphatic rings. The maximum atomic E-state index is 13.2. The number of nitrogens with two attached hydrogens (primary N) is 2. The fourth-order valence-electron chi connectivity index (χ4n) is 5.46. The van der Waals surface area contributed by atoms with Gasteiger partial charge in [-0.25, -0.2) is 16.8 Å². The maximum Gasteiger partial charge on any atom is 1.00 e. The fraction of sp³-hybridized carbons (Fsp3) is 0.0588. The van der Waals surface area contributed by atoms with Gasteiger partial charge in [0.15, 0.2) is 0 Å². The first kappa shape index (κ1) is 42.4. The van der Waals surface area contributed by atoms with Crippen LogP contribution in [0.2, 0.25) is 0 Å². The van der Waals surface area contributed by atoms with Crippen molar-refractivity contribution in [2.45, 2.75) is 0 Å². The summed E-state index contributed by atoms with van der Waals surface area (Å²) in [5.41, 5.74) is 18.2. The fourth-order valence-corrected chi connectivity index (χ4v) is 6.76. The van der Waals surface area contributed by atoms with E-state index in [4.69, 9.17) is 20.9 Å². The van der Waals surface area contributed by atoms with Crippen LogP contribution in [0.25, 0.3) is 23.3 Å². The summed E-state index contributed by atoms with van der Waals surface area (Å²) in [6.45, 7) is 0. The Morgan fingerprint density at radius 1 is 0.593 bits per heavy atom. The molecule has 16 nitrogen and oxygen atoms in total. The van der Waals surface area contributed by atoms with E-state index in [1.165, 1.54) is 62.8 Å². The monoisotopic (exact) mass is 788 g/mol. The van der Waals surface area contributed by atoms with E-state index in [2.05, 4.69) is 21.1 Å². The largest absolute Gasteiger partial charge is 1.00 e. The van der Waals surface area contributed by atoms with Crippen LogP contribution in [0, 0.1) is 0 Å². The summed E-state index contributed by atoms with van der Waals surface area (Å²) < 4.78 is 83.4. The summed E-state index contributed by atoms with van der Waals surface area (Å²) in [4.78, 5) is 24.7. The van der Waals surface area contributed by atoms with Crippen LogP contribution in [0.1, 0.15) is 31.8 Å². The van der Waals surface area contributed by atoms with E-state index in [1.54, 1.807) is 24.3 Å². The van der Waals surface area contributed by atoms with Crippen molar-refractivity contribution >= 4 is 78.1 Å². The molecule has 0 heterocycles. The Morgan fingerprint density at radius 3 is 1.30 bits per heavy atom. The molecule has 0 fully saturated rings. The van der Waals surface area contributed by atoms with Gasteiger partial charge >= 0.3 is 59.1 Å². The van der Waals surface area contributed by atoms with Gasteiger partial charge in [-0.2, -0.15) is 10.2 Å². The van der Waals surface area contributed by atoms with Crippen molar-refractivity contribution in [1.29, 1.82) is 0 Å². The minimum atomic E-state index is -5.11. The van der Waals surface area contributed by atoms with E-state index in [0.29, 0.717) is 11.1 Å². The quantitative estimate of drug-likeness (QED) is 0.0599. The van der Waals surface area contributed by atoms with Gasteiger partial charge in [0.2, 0.25) is 11.6 Å². The number of allylic oxidation sites excluding steroid dienone is 2. The normalized spacial score (nSPS) is 15.2. The van der Waals surface area contributed by atoms with Gasteiger partial charge in [-0.3, -0.25) is 20.4 Å². The second kappa shape index (κ2) is 16.6. The van der Waals surface area contributed by atoms with E-state index in [1.807, 2.05) is 0 Å². The molecular formula is C34H26N6Na2O10S2. The molecule has 20 heteroatoms. The Kier molecular flexibility index (Phi) is 13.0. The molecule has 0 bridgehead atoms. The van der Waals surface area contributed by atoms with Crippen LogP contribution in [-0.4, -0.2) is 63.2 Å². The third-order valence-corrected chi connectivity index (χ3v) is 9.66. The first-order chi connectivity index (χ1) is 24.6. The molecule has 2 aliphatic carbocycles. The number of hydrogen-bond acceptors (Lipinski definition) is 16. The summed E-state index contributed by atoms with van der Waals surface area (Å²) >= 11 is 0. The number of Topliss-reactive ketones (excluding diaryl/α,β-unsaturated/α-hetero) is 2. The van der Waals surface area contributed by atoms with E-state index < -0.39 is 53.0 Å². The Morgan fingerprint density at radius 2 is 0.963 bits per heavy atom. The third kappa shape index (κ3) is 8.63. The number of rotatable bonds is 9. The summed E-state index contributed by atoms with van der Waals surface area (Å²) in [5, 5.41) is 7.96. The smallest absolute Gasteiger partial charge is 0.744 e. The Balaban J connectivity index is 0.00000325. The second-order valence-corrected chi connectivity index (χ2v) is 13.9. The molecule has 0 atom stereocenters. The van der Waals surface area contributed by atoms with Crippen LogP contribution >= 0.6 is 0 Å². The Hall–Kier alpha value is -4.34. The molecule has 6 N–H and O–H groups in total. The van der Waals surface area contributed by atoms with Gasteiger partial charge in [0.05, 0.1) is 35.4 Å². The molecule has 0 unspecified atom stereocenters. The molecule has 0 amide bonds. The molecule has 0 saturated heterocycles.